The zero-order valence-electron chi connectivity index (χ0n) is 17.0. The van der Waals surface area contributed by atoms with E-state index >= 15 is 0 Å². The third kappa shape index (κ3) is 3.88. The number of aromatic nitrogens is 1. The van der Waals surface area contributed by atoms with Gasteiger partial charge in [0.2, 0.25) is 11.8 Å². The molecule has 5 nitrogen and oxygen atoms in total. The van der Waals surface area contributed by atoms with Crippen LogP contribution >= 0.6 is 0 Å². The minimum atomic E-state index is -0.508. The number of nitrogens with one attached hydrogen (secondary N) is 1. The molecule has 4 aromatic rings. The minimum absolute atomic E-state index is 0.354. The highest BCUT2D eigenvalue weighted by Crippen LogP contribution is 2.34. The van der Waals surface area contributed by atoms with Gasteiger partial charge in [-0.25, -0.2) is 4.98 Å². The second kappa shape index (κ2) is 8.20. The molecular formula is C26H23N3O2. The number of nitrogens with two attached hydrogens (primary N) is 1. The van der Waals surface area contributed by atoms with Gasteiger partial charge in [0.25, 0.3) is 0 Å². The van der Waals surface area contributed by atoms with E-state index in [2.05, 4.69) is 52.8 Å². The van der Waals surface area contributed by atoms with Crippen LogP contribution in [0.5, 0.6) is 11.6 Å². The lowest BCUT2D eigenvalue weighted by Crippen LogP contribution is -2.18. The second-order valence-electron chi connectivity index (χ2n) is 7.79. The molecule has 0 spiro atoms. The first kappa shape index (κ1) is 19.3. The van der Waals surface area contributed by atoms with Crippen molar-refractivity contribution in [3.05, 3.63) is 101 Å². The molecule has 0 unspecified atom stereocenters. The summed E-state index contributed by atoms with van der Waals surface area (Å²) in [6.45, 7) is 0.783. The van der Waals surface area contributed by atoms with Crippen LogP contribution in [0.3, 0.4) is 0 Å². The highest BCUT2D eigenvalue weighted by atomic mass is 16.5. The van der Waals surface area contributed by atoms with E-state index in [-0.39, 0.29) is 0 Å². The summed E-state index contributed by atoms with van der Waals surface area (Å²) in [5.41, 5.74) is 9.72. The number of nitrogens with zero attached hydrogens (tertiary/aromatic N) is 1. The van der Waals surface area contributed by atoms with Crippen molar-refractivity contribution < 1.29 is 9.53 Å². The first-order valence-electron chi connectivity index (χ1n) is 10.4. The Kier molecular flexibility index (Phi) is 5.10. The number of ether oxygens (including phenoxy) is 1. The Balaban J connectivity index is 1.38. The number of primary amides is 1. The van der Waals surface area contributed by atoms with Crippen LogP contribution in [-0.2, 0) is 13.0 Å². The number of pyridine rings is 1. The van der Waals surface area contributed by atoms with Gasteiger partial charge in [-0.1, -0.05) is 54.6 Å². The van der Waals surface area contributed by atoms with Gasteiger partial charge in [-0.2, -0.15) is 0 Å². The number of rotatable bonds is 6. The van der Waals surface area contributed by atoms with Crippen LogP contribution in [0.2, 0.25) is 0 Å². The van der Waals surface area contributed by atoms with Gasteiger partial charge in [-0.3, -0.25) is 4.79 Å². The Morgan fingerprint density at radius 3 is 2.61 bits per heavy atom. The molecule has 0 aliphatic heterocycles. The molecule has 154 valence electrons. The fraction of sp³-hybridized carbons (Fsp3) is 0.154. The third-order valence-corrected chi connectivity index (χ3v) is 5.88. The van der Waals surface area contributed by atoms with Crippen LogP contribution in [-0.4, -0.2) is 10.9 Å². The van der Waals surface area contributed by atoms with Crippen molar-refractivity contribution in [3.8, 4) is 11.6 Å². The van der Waals surface area contributed by atoms with Gasteiger partial charge in [0.15, 0.2) is 0 Å². The van der Waals surface area contributed by atoms with E-state index in [1.54, 1.807) is 12.1 Å². The van der Waals surface area contributed by atoms with E-state index in [0.29, 0.717) is 17.5 Å². The molecule has 0 radical (unpaired) electrons. The molecule has 0 saturated heterocycles. The molecule has 1 amide bonds. The summed E-state index contributed by atoms with van der Waals surface area (Å²) in [5, 5.41) is 5.90. The zero-order valence-corrected chi connectivity index (χ0v) is 17.0. The summed E-state index contributed by atoms with van der Waals surface area (Å²) in [6, 6.07) is 24.6. The van der Waals surface area contributed by atoms with E-state index in [1.165, 1.54) is 22.9 Å². The van der Waals surface area contributed by atoms with Crippen LogP contribution in [0.15, 0.2) is 79.0 Å². The lowest BCUT2D eigenvalue weighted by atomic mass is 10.0. The Hall–Kier alpha value is -3.70. The lowest BCUT2D eigenvalue weighted by molar-refractivity contribution is 0.1000. The Labute approximate surface area is 180 Å². The normalized spacial score (nSPS) is 15.0. The molecular weight excluding hydrogens is 386 g/mol. The van der Waals surface area contributed by atoms with Crippen molar-refractivity contribution in [2.45, 2.75) is 25.4 Å². The van der Waals surface area contributed by atoms with E-state index in [4.69, 9.17) is 10.5 Å². The number of carbonyl (C=O) groups excluding carboxylic acids is 1. The molecule has 1 aromatic heterocycles. The second-order valence-corrected chi connectivity index (χ2v) is 7.79. The van der Waals surface area contributed by atoms with E-state index in [1.807, 2.05) is 18.2 Å². The predicted molar refractivity (Wildman–Crippen MR) is 121 cm³/mol. The quantitative estimate of drug-likeness (QED) is 0.475. The Bertz CT molecular complexity index is 1250. The van der Waals surface area contributed by atoms with Crippen LogP contribution in [0.25, 0.3) is 10.8 Å². The zero-order chi connectivity index (χ0) is 21.2. The number of aryl methyl sites for hydroxylation is 1. The topological polar surface area (TPSA) is 77.2 Å². The van der Waals surface area contributed by atoms with Crippen molar-refractivity contribution in [1.29, 1.82) is 0 Å². The summed E-state index contributed by atoms with van der Waals surface area (Å²) in [7, 11) is 0. The van der Waals surface area contributed by atoms with Gasteiger partial charge in [0, 0.05) is 30.2 Å². The molecule has 3 N–H and O–H groups in total. The molecule has 1 aliphatic rings. The maximum atomic E-state index is 11.2. The first-order chi connectivity index (χ1) is 15.2. The number of amides is 1. The average molecular weight is 409 g/mol. The van der Waals surface area contributed by atoms with Crippen molar-refractivity contribution in [3.63, 3.8) is 0 Å². The van der Waals surface area contributed by atoms with Crippen molar-refractivity contribution in [2.75, 3.05) is 0 Å². The molecule has 0 bridgehead atoms. The summed E-state index contributed by atoms with van der Waals surface area (Å²) in [4.78, 5) is 15.4. The Morgan fingerprint density at radius 1 is 1.00 bits per heavy atom. The maximum Gasteiger partial charge on any atom is 0.250 e. The molecule has 1 atom stereocenters. The predicted octanol–water partition coefficient (Wildman–Crippen LogP) is 4.90. The number of fused-ring (bicyclic) bond motifs is 2. The summed E-state index contributed by atoms with van der Waals surface area (Å²) >= 11 is 0. The minimum Gasteiger partial charge on any atom is -0.438 e. The SMILES string of the molecule is NC(=O)c1ccc(Oc2ccc(CN[C@@H]3CCc4ccccc43)c3ccccc23)nc1. The summed E-state index contributed by atoms with van der Waals surface area (Å²) in [5.74, 6) is 0.639. The van der Waals surface area contributed by atoms with Gasteiger partial charge in [0.1, 0.15) is 5.75 Å². The Morgan fingerprint density at radius 2 is 1.81 bits per heavy atom. The van der Waals surface area contributed by atoms with Gasteiger partial charge >= 0.3 is 0 Å². The maximum absolute atomic E-state index is 11.2. The molecule has 0 saturated carbocycles. The molecule has 0 fully saturated rings. The number of hydrogen-bond donors (Lipinski definition) is 2. The molecule has 1 heterocycles. The van der Waals surface area contributed by atoms with Crippen LogP contribution in [0, 0.1) is 0 Å². The number of hydrogen-bond acceptors (Lipinski definition) is 4. The van der Waals surface area contributed by atoms with Crippen molar-refractivity contribution in [1.82, 2.24) is 10.3 Å². The molecule has 1 aliphatic carbocycles. The van der Waals surface area contributed by atoms with E-state index < -0.39 is 5.91 Å². The molecule has 5 rings (SSSR count). The van der Waals surface area contributed by atoms with Crippen molar-refractivity contribution in [2.24, 2.45) is 5.73 Å². The van der Waals surface area contributed by atoms with E-state index in [0.717, 1.165) is 35.9 Å². The lowest BCUT2D eigenvalue weighted by Gasteiger charge is -2.16. The van der Waals surface area contributed by atoms with Gasteiger partial charge < -0.3 is 15.8 Å². The van der Waals surface area contributed by atoms with Gasteiger partial charge in [0.05, 0.1) is 5.56 Å². The molecule has 5 heteroatoms. The van der Waals surface area contributed by atoms with Gasteiger partial charge in [-0.05, 0) is 47.1 Å². The van der Waals surface area contributed by atoms with Crippen LogP contribution in [0.1, 0.15) is 39.5 Å². The smallest absolute Gasteiger partial charge is 0.250 e. The fourth-order valence-electron chi connectivity index (χ4n) is 4.28. The summed E-state index contributed by atoms with van der Waals surface area (Å²) < 4.78 is 6.02. The van der Waals surface area contributed by atoms with Crippen molar-refractivity contribution >= 4 is 16.7 Å². The van der Waals surface area contributed by atoms with Crippen LogP contribution < -0.4 is 15.8 Å². The first-order valence-corrected chi connectivity index (χ1v) is 10.4. The third-order valence-electron chi connectivity index (χ3n) is 5.88. The highest BCUT2D eigenvalue weighted by molar-refractivity contribution is 5.92. The monoisotopic (exact) mass is 409 g/mol. The molecule has 31 heavy (non-hydrogen) atoms. The molecule has 3 aromatic carbocycles. The average Bonchev–Trinajstić information content (AvgIpc) is 3.22. The van der Waals surface area contributed by atoms with Crippen LogP contribution in [0.4, 0.5) is 0 Å². The number of benzene rings is 3. The number of carbonyl (C=O) groups is 1. The standard InChI is InChI=1S/C26H23N3O2/c27-26(30)19-11-14-25(29-16-19)31-24-13-10-18(20-6-3-4-8-22(20)24)15-28-23-12-9-17-5-1-2-7-21(17)23/h1-8,10-11,13-14,16,23,28H,9,12,15H2,(H2,27,30)/t23-/m1/s1. The summed E-state index contributed by atoms with van der Waals surface area (Å²) in [6.07, 6.45) is 3.69. The van der Waals surface area contributed by atoms with Gasteiger partial charge in [-0.15, -0.1) is 0 Å². The van der Waals surface area contributed by atoms with E-state index in [9.17, 15) is 4.79 Å². The highest BCUT2D eigenvalue weighted by Gasteiger charge is 2.21. The fourth-order valence-corrected chi connectivity index (χ4v) is 4.28. The largest absolute Gasteiger partial charge is 0.438 e.